The van der Waals surface area contributed by atoms with Gasteiger partial charge in [-0.1, -0.05) is 48.2 Å². The van der Waals surface area contributed by atoms with Crippen molar-refractivity contribution in [2.45, 2.75) is 11.6 Å². The van der Waals surface area contributed by atoms with Crippen molar-refractivity contribution in [1.29, 1.82) is 0 Å². The Bertz CT molecular complexity index is 1110. The maximum atomic E-state index is 12.4. The number of benzene rings is 2. The SMILES string of the molecule is COc1cccc(NC(=O)CSc2nnc(Cc3ccccc3)n2-n2cccc2)c1. The molecule has 1 amide bonds. The van der Waals surface area contributed by atoms with E-state index in [4.69, 9.17) is 4.74 Å². The monoisotopic (exact) mass is 419 g/mol. The van der Waals surface area contributed by atoms with Crippen molar-refractivity contribution in [3.63, 3.8) is 0 Å². The molecule has 8 heteroatoms. The average molecular weight is 420 g/mol. The second kappa shape index (κ2) is 9.32. The predicted molar refractivity (Wildman–Crippen MR) is 117 cm³/mol. The molecule has 4 aromatic rings. The van der Waals surface area contributed by atoms with E-state index in [9.17, 15) is 4.79 Å². The van der Waals surface area contributed by atoms with Crippen LogP contribution in [0.15, 0.2) is 84.3 Å². The molecule has 2 aromatic heterocycles. The number of anilines is 1. The van der Waals surface area contributed by atoms with Crippen LogP contribution < -0.4 is 10.1 Å². The molecule has 0 aliphatic carbocycles. The molecule has 0 fully saturated rings. The van der Waals surface area contributed by atoms with Gasteiger partial charge in [0.05, 0.1) is 12.9 Å². The highest BCUT2D eigenvalue weighted by Crippen LogP contribution is 2.21. The van der Waals surface area contributed by atoms with Gasteiger partial charge in [-0.05, 0) is 29.8 Å². The fraction of sp³-hybridized carbons (Fsp3) is 0.136. The summed E-state index contributed by atoms with van der Waals surface area (Å²) in [6.45, 7) is 0. The number of carbonyl (C=O) groups excluding carboxylic acids is 1. The lowest BCUT2D eigenvalue weighted by Gasteiger charge is -2.11. The number of carbonyl (C=O) groups is 1. The summed E-state index contributed by atoms with van der Waals surface area (Å²) in [5.41, 5.74) is 1.84. The van der Waals surface area contributed by atoms with Gasteiger partial charge in [0.2, 0.25) is 11.1 Å². The molecule has 152 valence electrons. The van der Waals surface area contributed by atoms with Gasteiger partial charge in [-0.25, -0.2) is 4.68 Å². The third kappa shape index (κ3) is 4.72. The van der Waals surface area contributed by atoms with Crippen molar-refractivity contribution < 1.29 is 9.53 Å². The van der Waals surface area contributed by atoms with E-state index in [0.717, 1.165) is 11.4 Å². The van der Waals surface area contributed by atoms with E-state index < -0.39 is 0 Å². The number of methoxy groups -OCH3 is 1. The van der Waals surface area contributed by atoms with E-state index in [-0.39, 0.29) is 11.7 Å². The van der Waals surface area contributed by atoms with E-state index in [2.05, 4.69) is 27.6 Å². The van der Waals surface area contributed by atoms with Crippen molar-refractivity contribution in [2.24, 2.45) is 0 Å². The van der Waals surface area contributed by atoms with Gasteiger partial charge in [0.1, 0.15) is 5.75 Å². The first kappa shape index (κ1) is 19.8. The number of amides is 1. The number of nitrogens with one attached hydrogen (secondary N) is 1. The third-order valence-corrected chi connectivity index (χ3v) is 5.31. The molecule has 0 saturated heterocycles. The van der Waals surface area contributed by atoms with Crippen LogP contribution in [0.1, 0.15) is 11.4 Å². The Kier molecular flexibility index (Phi) is 6.14. The van der Waals surface area contributed by atoms with Gasteiger partial charge in [0.15, 0.2) is 5.82 Å². The summed E-state index contributed by atoms with van der Waals surface area (Å²) in [6.07, 6.45) is 4.50. The zero-order chi connectivity index (χ0) is 20.8. The van der Waals surface area contributed by atoms with Gasteiger partial charge in [-0.3, -0.25) is 9.47 Å². The fourth-order valence-corrected chi connectivity index (χ4v) is 3.75. The molecule has 1 N–H and O–H groups in total. The van der Waals surface area contributed by atoms with E-state index in [0.29, 0.717) is 23.0 Å². The highest BCUT2D eigenvalue weighted by molar-refractivity contribution is 7.99. The Morgan fingerprint density at radius 3 is 2.60 bits per heavy atom. The van der Waals surface area contributed by atoms with Crippen molar-refractivity contribution >= 4 is 23.4 Å². The van der Waals surface area contributed by atoms with Crippen LogP contribution in [0.25, 0.3) is 0 Å². The summed E-state index contributed by atoms with van der Waals surface area (Å²) >= 11 is 1.34. The first-order valence-electron chi connectivity index (χ1n) is 9.41. The highest BCUT2D eigenvalue weighted by atomic mass is 32.2. The number of rotatable bonds is 8. The fourth-order valence-electron chi connectivity index (χ4n) is 2.99. The Morgan fingerprint density at radius 1 is 1.03 bits per heavy atom. The molecule has 4 rings (SSSR count). The van der Waals surface area contributed by atoms with Gasteiger partial charge < -0.3 is 10.1 Å². The van der Waals surface area contributed by atoms with Crippen molar-refractivity contribution in [3.05, 3.63) is 90.5 Å². The summed E-state index contributed by atoms with van der Waals surface area (Å²) in [4.78, 5) is 12.4. The van der Waals surface area contributed by atoms with Crippen LogP contribution >= 0.6 is 11.8 Å². The number of hydrogen-bond donors (Lipinski definition) is 1. The van der Waals surface area contributed by atoms with Gasteiger partial charge >= 0.3 is 0 Å². The molecular weight excluding hydrogens is 398 g/mol. The smallest absolute Gasteiger partial charge is 0.234 e. The minimum absolute atomic E-state index is 0.125. The normalized spacial score (nSPS) is 10.7. The molecule has 0 aliphatic heterocycles. The van der Waals surface area contributed by atoms with Crippen LogP contribution in [0.5, 0.6) is 5.75 Å². The molecule has 0 bridgehead atoms. The molecule has 0 radical (unpaired) electrons. The summed E-state index contributed by atoms with van der Waals surface area (Å²) in [6, 6.07) is 21.3. The lowest BCUT2D eigenvalue weighted by atomic mass is 10.1. The zero-order valence-electron chi connectivity index (χ0n) is 16.4. The predicted octanol–water partition coefficient (Wildman–Crippen LogP) is 3.72. The molecule has 2 aromatic carbocycles. The summed E-state index contributed by atoms with van der Waals surface area (Å²) in [5, 5.41) is 12.2. The molecule has 30 heavy (non-hydrogen) atoms. The molecule has 0 atom stereocenters. The van der Waals surface area contributed by atoms with E-state index in [1.807, 2.05) is 70.3 Å². The van der Waals surface area contributed by atoms with Crippen molar-refractivity contribution in [1.82, 2.24) is 19.5 Å². The van der Waals surface area contributed by atoms with Crippen LogP contribution in [-0.2, 0) is 11.2 Å². The number of ether oxygens (including phenoxy) is 1. The largest absolute Gasteiger partial charge is 0.497 e. The van der Waals surface area contributed by atoms with E-state index in [1.165, 1.54) is 11.8 Å². The number of thioether (sulfide) groups is 1. The minimum Gasteiger partial charge on any atom is -0.497 e. The van der Waals surface area contributed by atoms with Gasteiger partial charge in [0.25, 0.3) is 0 Å². The van der Waals surface area contributed by atoms with E-state index >= 15 is 0 Å². The molecule has 0 saturated carbocycles. The van der Waals surface area contributed by atoms with Crippen molar-refractivity contribution in [2.75, 3.05) is 18.2 Å². The molecule has 0 aliphatic rings. The van der Waals surface area contributed by atoms with Crippen LogP contribution in [0.4, 0.5) is 5.69 Å². The number of hydrogen-bond acceptors (Lipinski definition) is 5. The van der Waals surface area contributed by atoms with Gasteiger partial charge in [0, 0.05) is 30.6 Å². The number of nitrogens with zero attached hydrogens (tertiary/aromatic N) is 4. The van der Waals surface area contributed by atoms with Crippen LogP contribution in [0.2, 0.25) is 0 Å². The van der Waals surface area contributed by atoms with Crippen molar-refractivity contribution in [3.8, 4) is 5.75 Å². The zero-order valence-corrected chi connectivity index (χ0v) is 17.2. The Morgan fingerprint density at radius 2 is 1.83 bits per heavy atom. The first-order valence-corrected chi connectivity index (χ1v) is 10.4. The number of aromatic nitrogens is 4. The average Bonchev–Trinajstić information content (AvgIpc) is 3.43. The standard InChI is InChI=1S/C22H21N5O2S/c1-29-19-11-7-10-18(15-19)23-21(28)16-30-22-25-24-20(14-17-8-3-2-4-9-17)27(22)26-12-5-6-13-26/h2-13,15H,14,16H2,1H3,(H,23,28). The molecule has 0 spiro atoms. The minimum atomic E-state index is -0.125. The van der Waals surface area contributed by atoms with Gasteiger partial charge in [-0.2, -0.15) is 0 Å². The van der Waals surface area contributed by atoms with Crippen LogP contribution in [0.3, 0.4) is 0 Å². The first-order chi connectivity index (χ1) is 14.7. The Balaban J connectivity index is 1.49. The summed E-state index contributed by atoms with van der Waals surface area (Å²) in [7, 11) is 1.60. The molecule has 7 nitrogen and oxygen atoms in total. The van der Waals surface area contributed by atoms with Crippen LogP contribution in [0, 0.1) is 0 Å². The Labute approximate surface area is 178 Å². The maximum absolute atomic E-state index is 12.4. The molecular formula is C22H21N5O2S. The topological polar surface area (TPSA) is 74.0 Å². The second-order valence-corrected chi connectivity index (χ2v) is 7.45. The lowest BCUT2D eigenvalue weighted by molar-refractivity contribution is -0.113. The highest BCUT2D eigenvalue weighted by Gasteiger charge is 2.16. The quantitative estimate of drug-likeness (QED) is 0.441. The molecule has 0 unspecified atom stereocenters. The third-order valence-electron chi connectivity index (χ3n) is 4.39. The lowest BCUT2D eigenvalue weighted by Crippen LogP contribution is -2.16. The molecule has 2 heterocycles. The van der Waals surface area contributed by atoms with Gasteiger partial charge in [-0.15, -0.1) is 10.2 Å². The maximum Gasteiger partial charge on any atom is 0.234 e. The second-order valence-electron chi connectivity index (χ2n) is 6.50. The summed E-state index contributed by atoms with van der Waals surface area (Å²) in [5.74, 6) is 1.58. The van der Waals surface area contributed by atoms with Crippen LogP contribution in [-0.4, -0.2) is 38.3 Å². The summed E-state index contributed by atoms with van der Waals surface area (Å²) < 4.78 is 9.04. The van der Waals surface area contributed by atoms with E-state index in [1.54, 1.807) is 13.2 Å². The Hall–Kier alpha value is -3.52.